The summed E-state index contributed by atoms with van der Waals surface area (Å²) >= 11 is 5.67. The average molecular weight is 347 g/mol. The SMILES string of the molecule is O=C(Nc1ccc(F)c(Cl)c1)c1ccc(NCc2ccco2)nn1. The first-order valence-electron chi connectivity index (χ1n) is 6.98. The number of carbonyl (C=O) groups excluding carboxylic acids is 1. The van der Waals surface area contributed by atoms with Crippen molar-refractivity contribution >= 4 is 29.0 Å². The molecule has 3 rings (SSSR count). The largest absolute Gasteiger partial charge is 0.467 e. The molecule has 2 heterocycles. The first-order valence-corrected chi connectivity index (χ1v) is 7.36. The van der Waals surface area contributed by atoms with Gasteiger partial charge in [-0.05, 0) is 42.5 Å². The maximum absolute atomic E-state index is 13.1. The van der Waals surface area contributed by atoms with Crippen LogP contribution < -0.4 is 10.6 Å². The highest BCUT2D eigenvalue weighted by molar-refractivity contribution is 6.31. The Labute approximate surface area is 141 Å². The fourth-order valence-corrected chi connectivity index (χ4v) is 2.09. The lowest BCUT2D eigenvalue weighted by Gasteiger charge is -2.06. The lowest BCUT2D eigenvalue weighted by atomic mass is 10.3. The zero-order valence-corrected chi connectivity index (χ0v) is 13.0. The van der Waals surface area contributed by atoms with Crippen LogP contribution in [-0.4, -0.2) is 16.1 Å². The van der Waals surface area contributed by atoms with E-state index in [1.54, 1.807) is 18.4 Å². The number of hydrogen-bond acceptors (Lipinski definition) is 5. The summed E-state index contributed by atoms with van der Waals surface area (Å²) < 4.78 is 18.3. The van der Waals surface area contributed by atoms with E-state index in [1.165, 1.54) is 24.3 Å². The van der Waals surface area contributed by atoms with Crippen LogP contribution in [0.3, 0.4) is 0 Å². The molecule has 1 aromatic carbocycles. The first-order chi connectivity index (χ1) is 11.6. The van der Waals surface area contributed by atoms with Crippen molar-refractivity contribution in [1.29, 1.82) is 0 Å². The highest BCUT2D eigenvalue weighted by Crippen LogP contribution is 2.19. The molecule has 0 unspecified atom stereocenters. The van der Waals surface area contributed by atoms with Crippen molar-refractivity contribution in [3.63, 3.8) is 0 Å². The van der Waals surface area contributed by atoms with Gasteiger partial charge in [0.15, 0.2) is 5.69 Å². The van der Waals surface area contributed by atoms with E-state index in [9.17, 15) is 9.18 Å². The summed E-state index contributed by atoms with van der Waals surface area (Å²) in [5.74, 6) is 0.240. The number of halogens is 2. The number of rotatable bonds is 5. The molecule has 0 saturated carbocycles. The lowest BCUT2D eigenvalue weighted by molar-refractivity contribution is 0.102. The van der Waals surface area contributed by atoms with Gasteiger partial charge in [-0.2, -0.15) is 0 Å². The molecule has 3 aromatic rings. The van der Waals surface area contributed by atoms with Crippen LogP contribution in [0.2, 0.25) is 5.02 Å². The molecule has 0 radical (unpaired) electrons. The van der Waals surface area contributed by atoms with E-state index in [4.69, 9.17) is 16.0 Å². The minimum atomic E-state index is -0.554. The molecular formula is C16H12ClFN4O2. The predicted octanol–water partition coefficient (Wildman–Crippen LogP) is 3.73. The highest BCUT2D eigenvalue weighted by Gasteiger charge is 2.10. The molecule has 0 bridgehead atoms. The van der Waals surface area contributed by atoms with Crippen LogP contribution in [0.5, 0.6) is 0 Å². The Hall–Kier alpha value is -2.93. The van der Waals surface area contributed by atoms with Gasteiger partial charge in [0.25, 0.3) is 5.91 Å². The molecule has 6 nitrogen and oxygen atoms in total. The molecule has 0 saturated heterocycles. The zero-order valence-electron chi connectivity index (χ0n) is 12.3. The van der Waals surface area contributed by atoms with Gasteiger partial charge in [-0.15, -0.1) is 10.2 Å². The van der Waals surface area contributed by atoms with Crippen LogP contribution in [0.4, 0.5) is 15.9 Å². The van der Waals surface area contributed by atoms with Crippen molar-refractivity contribution in [2.75, 3.05) is 10.6 Å². The molecule has 0 spiro atoms. The Kier molecular flexibility index (Phi) is 4.72. The third-order valence-electron chi connectivity index (χ3n) is 3.10. The van der Waals surface area contributed by atoms with Crippen molar-refractivity contribution in [1.82, 2.24) is 10.2 Å². The molecule has 0 atom stereocenters. The molecule has 0 aliphatic heterocycles. The zero-order chi connectivity index (χ0) is 16.9. The van der Waals surface area contributed by atoms with Gasteiger partial charge < -0.3 is 15.1 Å². The van der Waals surface area contributed by atoms with E-state index in [1.807, 2.05) is 6.07 Å². The van der Waals surface area contributed by atoms with Gasteiger partial charge in [-0.1, -0.05) is 11.6 Å². The number of nitrogens with one attached hydrogen (secondary N) is 2. The molecule has 2 aromatic heterocycles. The van der Waals surface area contributed by atoms with Crippen molar-refractivity contribution in [2.45, 2.75) is 6.54 Å². The number of benzene rings is 1. The van der Waals surface area contributed by atoms with E-state index in [-0.39, 0.29) is 10.7 Å². The smallest absolute Gasteiger partial charge is 0.276 e. The molecular weight excluding hydrogens is 335 g/mol. The summed E-state index contributed by atoms with van der Waals surface area (Å²) in [7, 11) is 0. The minimum absolute atomic E-state index is 0.0728. The van der Waals surface area contributed by atoms with Gasteiger partial charge in [0.1, 0.15) is 17.4 Å². The fraction of sp³-hybridized carbons (Fsp3) is 0.0625. The van der Waals surface area contributed by atoms with Crippen LogP contribution in [0.1, 0.15) is 16.2 Å². The average Bonchev–Trinajstić information content (AvgIpc) is 3.10. The molecule has 8 heteroatoms. The van der Waals surface area contributed by atoms with E-state index in [2.05, 4.69) is 20.8 Å². The highest BCUT2D eigenvalue weighted by atomic mass is 35.5. The van der Waals surface area contributed by atoms with Crippen LogP contribution >= 0.6 is 11.6 Å². The third kappa shape index (κ3) is 3.88. The Bertz CT molecular complexity index is 838. The van der Waals surface area contributed by atoms with Gasteiger partial charge in [0.2, 0.25) is 0 Å². The summed E-state index contributed by atoms with van der Waals surface area (Å²) in [6, 6.07) is 10.7. The lowest BCUT2D eigenvalue weighted by Crippen LogP contribution is -2.15. The Morgan fingerprint density at radius 3 is 2.75 bits per heavy atom. The van der Waals surface area contributed by atoms with Gasteiger partial charge >= 0.3 is 0 Å². The fourth-order valence-electron chi connectivity index (χ4n) is 1.91. The van der Waals surface area contributed by atoms with Crippen LogP contribution in [-0.2, 0) is 6.54 Å². The predicted molar refractivity (Wildman–Crippen MR) is 87.4 cm³/mol. The second-order valence-electron chi connectivity index (χ2n) is 4.82. The topological polar surface area (TPSA) is 80.0 Å². The summed E-state index contributed by atoms with van der Waals surface area (Å²) in [6.07, 6.45) is 1.58. The molecule has 0 aliphatic carbocycles. The first kappa shape index (κ1) is 15.9. The Morgan fingerprint density at radius 1 is 1.21 bits per heavy atom. The van der Waals surface area contributed by atoms with Crippen LogP contribution in [0.25, 0.3) is 0 Å². The van der Waals surface area contributed by atoms with E-state index < -0.39 is 11.7 Å². The van der Waals surface area contributed by atoms with E-state index >= 15 is 0 Å². The second kappa shape index (κ2) is 7.10. The summed E-state index contributed by atoms with van der Waals surface area (Å²) in [6.45, 7) is 0.460. The number of amides is 1. The number of aromatic nitrogens is 2. The molecule has 122 valence electrons. The maximum Gasteiger partial charge on any atom is 0.276 e. The molecule has 0 fully saturated rings. The van der Waals surface area contributed by atoms with Crippen molar-refractivity contribution in [3.05, 3.63) is 71.0 Å². The third-order valence-corrected chi connectivity index (χ3v) is 3.39. The summed E-state index contributed by atoms with van der Waals surface area (Å²) in [5.41, 5.74) is 0.493. The van der Waals surface area contributed by atoms with Crippen molar-refractivity contribution in [2.24, 2.45) is 0 Å². The maximum atomic E-state index is 13.1. The number of carbonyl (C=O) groups is 1. The summed E-state index contributed by atoms with van der Waals surface area (Å²) in [5, 5.41) is 13.3. The van der Waals surface area contributed by atoms with Crippen LogP contribution in [0.15, 0.2) is 53.1 Å². The van der Waals surface area contributed by atoms with E-state index in [0.29, 0.717) is 18.1 Å². The molecule has 0 aliphatic rings. The van der Waals surface area contributed by atoms with Gasteiger partial charge in [0.05, 0.1) is 17.8 Å². The monoisotopic (exact) mass is 346 g/mol. The van der Waals surface area contributed by atoms with Gasteiger partial charge in [0, 0.05) is 5.69 Å². The van der Waals surface area contributed by atoms with Crippen molar-refractivity contribution in [3.8, 4) is 0 Å². The normalized spacial score (nSPS) is 10.4. The Balaban J connectivity index is 1.61. The number of nitrogens with zero attached hydrogens (tertiary/aromatic N) is 2. The number of furan rings is 1. The van der Waals surface area contributed by atoms with Gasteiger partial charge in [-0.25, -0.2) is 4.39 Å². The standard InChI is InChI=1S/C16H12ClFN4O2/c17-12-8-10(3-4-13(12)18)20-16(23)14-5-6-15(22-21-14)19-9-11-2-1-7-24-11/h1-8H,9H2,(H,19,22)(H,20,23). The molecule has 2 N–H and O–H groups in total. The number of anilines is 2. The van der Waals surface area contributed by atoms with E-state index in [0.717, 1.165) is 5.76 Å². The number of hydrogen-bond donors (Lipinski definition) is 2. The summed E-state index contributed by atoms with van der Waals surface area (Å²) in [4.78, 5) is 12.1. The molecule has 1 amide bonds. The van der Waals surface area contributed by atoms with Crippen molar-refractivity contribution < 1.29 is 13.6 Å². The minimum Gasteiger partial charge on any atom is -0.467 e. The Morgan fingerprint density at radius 2 is 2.08 bits per heavy atom. The second-order valence-corrected chi connectivity index (χ2v) is 5.23. The quantitative estimate of drug-likeness (QED) is 0.736. The van der Waals surface area contributed by atoms with Gasteiger partial charge in [-0.3, -0.25) is 4.79 Å². The molecule has 24 heavy (non-hydrogen) atoms. The van der Waals surface area contributed by atoms with Crippen LogP contribution in [0, 0.1) is 5.82 Å².